The minimum atomic E-state index is -0.497. The lowest BCUT2D eigenvalue weighted by Gasteiger charge is -2.36. The van der Waals surface area contributed by atoms with Gasteiger partial charge in [-0.1, -0.05) is 13.3 Å². The molecule has 0 amide bonds. The summed E-state index contributed by atoms with van der Waals surface area (Å²) < 4.78 is 4.95. The summed E-state index contributed by atoms with van der Waals surface area (Å²) in [5.41, 5.74) is 1.98. The van der Waals surface area contributed by atoms with Crippen LogP contribution < -0.4 is 5.32 Å². The minimum Gasteiger partial charge on any atom is -0.466 e. The number of allylic oxidation sites excluding steroid dienone is 1. The van der Waals surface area contributed by atoms with Crippen LogP contribution in [0.5, 0.6) is 0 Å². The average molecular weight is 349 g/mol. The molecule has 1 aromatic rings. The summed E-state index contributed by atoms with van der Waals surface area (Å²) in [5.74, 6) is -0.441. The van der Waals surface area contributed by atoms with Crippen LogP contribution in [0.4, 0.5) is 5.69 Å². The van der Waals surface area contributed by atoms with E-state index in [4.69, 9.17) is 17.0 Å². The number of nitro benzene ring substituents is 1. The van der Waals surface area contributed by atoms with Gasteiger partial charge in [-0.25, -0.2) is 4.79 Å². The zero-order chi connectivity index (χ0) is 17.9. The lowest BCUT2D eigenvalue weighted by Crippen LogP contribution is -2.46. The van der Waals surface area contributed by atoms with Crippen molar-refractivity contribution in [2.75, 3.05) is 14.2 Å². The lowest BCUT2D eigenvalue weighted by atomic mass is 9.93. The Kier molecular flexibility index (Phi) is 5.50. The molecule has 24 heavy (non-hydrogen) atoms. The van der Waals surface area contributed by atoms with E-state index in [-0.39, 0.29) is 5.69 Å². The number of non-ortho nitro benzene ring substituents is 1. The zero-order valence-electron chi connectivity index (χ0n) is 13.7. The van der Waals surface area contributed by atoms with E-state index >= 15 is 0 Å². The van der Waals surface area contributed by atoms with Crippen LogP contribution in [0.25, 0.3) is 0 Å². The van der Waals surface area contributed by atoms with Gasteiger partial charge in [0, 0.05) is 24.9 Å². The Morgan fingerprint density at radius 3 is 2.54 bits per heavy atom. The summed E-state index contributed by atoms with van der Waals surface area (Å²) in [6.07, 6.45) is 1.52. The Morgan fingerprint density at radius 1 is 1.42 bits per heavy atom. The van der Waals surface area contributed by atoms with Crippen molar-refractivity contribution in [3.05, 3.63) is 51.2 Å². The van der Waals surface area contributed by atoms with Crippen molar-refractivity contribution < 1.29 is 14.5 Å². The van der Waals surface area contributed by atoms with Crippen LogP contribution in [-0.2, 0) is 9.53 Å². The van der Waals surface area contributed by atoms with Gasteiger partial charge < -0.3 is 15.0 Å². The second kappa shape index (κ2) is 7.39. The number of ether oxygens (including phenoxy) is 1. The second-order valence-corrected chi connectivity index (χ2v) is 5.78. The highest BCUT2D eigenvalue weighted by molar-refractivity contribution is 7.80. The first-order chi connectivity index (χ1) is 11.4. The molecule has 7 nitrogen and oxygen atoms in total. The summed E-state index contributed by atoms with van der Waals surface area (Å²) >= 11 is 5.36. The van der Waals surface area contributed by atoms with Gasteiger partial charge in [-0.2, -0.15) is 0 Å². The molecule has 8 heteroatoms. The summed E-state index contributed by atoms with van der Waals surface area (Å²) in [7, 11) is 3.13. The van der Waals surface area contributed by atoms with Crippen LogP contribution in [0.1, 0.15) is 31.4 Å². The number of rotatable bonds is 5. The normalized spacial score (nSPS) is 17.5. The number of benzene rings is 1. The third-order valence-electron chi connectivity index (χ3n) is 3.91. The SMILES string of the molecule is CCCC1=C(C(=O)OC)C(c2ccc([N+](=O)[O-])cc2)NC(=S)N1C. The zero-order valence-corrected chi connectivity index (χ0v) is 14.6. The molecule has 0 fully saturated rings. The van der Waals surface area contributed by atoms with Crippen molar-refractivity contribution in [1.82, 2.24) is 10.2 Å². The summed E-state index contributed by atoms with van der Waals surface area (Å²) in [5, 5.41) is 14.4. The van der Waals surface area contributed by atoms with Gasteiger partial charge in [-0.05, 0) is 36.3 Å². The molecular weight excluding hydrogens is 330 g/mol. The predicted octanol–water partition coefficient (Wildman–Crippen LogP) is 2.68. The molecule has 0 saturated heterocycles. The number of nitrogens with zero attached hydrogens (tertiary/aromatic N) is 2. The fourth-order valence-electron chi connectivity index (χ4n) is 2.69. The average Bonchev–Trinajstić information content (AvgIpc) is 2.58. The minimum absolute atomic E-state index is 0.00775. The van der Waals surface area contributed by atoms with Gasteiger partial charge in [-0.15, -0.1) is 0 Å². The number of carbonyl (C=O) groups excluding carboxylic acids is 1. The monoisotopic (exact) mass is 349 g/mol. The largest absolute Gasteiger partial charge is 0.466 e. The van der Waals surface area contributed by atoms with E-state index < -0.39 is 16.9 Å². The van der Waals surface area contributed by atoms with Crippen LogP contribution in [0.15, 0.2) is 35.5 Å². The molecule has 1 N–H and O–H groups in total. The molecule has 1 heterocycles. The fraction of sp³-hybridized carbons (Fsp3) is 0.375. The number of esters is 1. The molecule has 1 aromatic carbocycles. The standard InChI is InChI=1S/C16H19N3O4S/c1-4-5-12-13(15(20)23-3)14(17-16(24)18(12)2)10-6-8-11(9-7-10)19(21)22/h6-9,14H,4-5H2,1-3H3,(H,17,24). The number of hydrogen-bond donors (Lipinski definition) is 1. The molecule has 128 valence electrons. The molecule has 1 aliphatic rings. The van der Waals surface area contributed by atoms with E-state index in [9.17, 15) is 14.9 Å². The van der Waals surface area contributed by atoms with Gasteiger partial charge in [0.05, 0.1) is 23.6 Å². The summed E-state index contributed by atoms with van der Waals surface area (Å²) in [6, 6.07) is 5.56. The molecule has 1 aliphatic heterocycles. The molecule has 0 aliphatic carbocycles. The van der Waals surface area contributed by atoms with Crippen LogP contribution in [0.2, 0.25) is 0 Å². The summed E-state index contributed by atoms with van der Waals surface area (Å²) in [6.45, 7) is 2.02. The molecule has 0 spiro atoms. The van der Waals surface area contributed by atoms with Gasteiger partial charge in [-0.3, -0.25) is 10.1 Å². The van der Waals surface area contributed by atoms with E-state index in [1.165, 1.54) is 19.2 Å². The third-order valence-corrected chi connectivity index (χ3v) is 4.30. The molecule has 0 bridgehead atoms. The van der Waals surface area contributed by atoms with E-state index in [0.29, 0.717) is 22.7 Å². The molecule has 0 radical (unpaired) electrons. The van der Waals surface area contributed by atoms with Crippen LogP contribution in [0.3, 0.4) is 0 Å². The van der Waals surface area contributed by atoms with E-state index in [1.807, 2.05) is 6.92 Å². The highest BCUT2D eigenvalue weighted by Crippen LogP contribution is 2.33. The van der Waals surface area contributed by atoms with E-state index in [2.05, 4.69) is 5.32 Å². The number of methoxy groups -OCH3 is 1. The maximum atomic E-state index is 12.4. The van der Waals surface area contributed by atoms with Crippen molar-refractivity contribution in [3.63, 3.8) is 0 Å². The fourth-order valence-corrected chi connectivity index (χ4v) is 2.91. The van der Waals surface area contributed by atoms with E-state index in [0.717, 1.165) is 12.1 Å². The van der Waals surface area contributed by atoms with Crippen LogP contribution in [-0.4, -0.2) is 35.1 Å². The lowest BCUT2D eigenvalue weighted by molar-refractivity contribution is -0.384. The van der Waals surface area contributed by atoms with Crippen molar-refractivity contribution in [2.24, 2.45) is 0 Å². The van der Waals surface area contributed by atoms with Crippen LogP contribution in [0, 0.1) is 10.1 Å². The van der Waals surface area contributed by atoms with Gasteiger partial charge in [0.25, 0.3) is 5.69 Å². The highest BCUT2D eigenvalue weighted by atomic mass is 32.1. The Labute approximate surface area is 145 Å². The van der Waals surface area contributed by atoms with Crippen LogP contribution >= 0.6 is 12.2 Å². The maximum absolute atomic E-state index is 12.4. The number of carbonyl (C=O) groups is 1. The van der Waals surface area contributed by atoms with Gasteiger partial charge in [0.1, 0.15) is 0 Å². The first-order valence-electron chi connectivity index (χ1n) is 7.50. The Balaban J connectivity index is 2.54. The topological polar surface area (TPSA) is 84.7 Å². The summed E-state index contributed by atoms with van der Waals surface area (Å²) in [4.78, 5) is 24.5. The second-order valence-electron chi connectivity index (χ2n) is 5.39. The number of nitrogens with one attached hydrogen (secondary N) is 1. The molecule has 0 aromatic heterocycles. The van der Waals surface area contributed by atoms with Crippen molar-refractivity contribution >= 4 is 29.0 Å². The quantitative estimate of drug-likeness (QED) is 0.378. The van der Waals surface area contributed by atoms with Crippen molar-refractivity contribution in [1.29, 1.82) is 0 Å². The Bertz CT molecular complexity index is 700. The van der Waals surface area contributed by atoms with Gasteiger partial charge in [0.15, 0.2) is 5.11 Å². The molecule has 1 unspecified atom stereocenters. The highest BCUT2D eigenvalue weighted by Gasteiger charge is 2.34. The van der Waals surface area contributed by atoms with Crippen molar-refractivity contribution in [2.45, 2.75) is 25.8 Å². The first kappa shape index (κ1) is 17.9. The number of nitro groups is 1. The molecule has 0 saturated carbocycles. The molecule has 1 atom stereocenters. The molecular formula is C16H19N3O4S. The first-order valence-corrected chi connectivity index (χ1v) is 7.91. The van der Waals surface area contributed by atoms with E-state index in [1.54, 1.807) is 24.1 Å². The van der Waals surface area contributed by atoms with Gasteiger partial charge >= 0.3 is 5.97 Å². The van der Waals surface area contributed by atoms with Gasteiger partial charge in [0.2, 0.25) is 0 Å². The number of hydrogen-bond acceptors (Lipinski definition) is 5. The number of thiocarbonyl (C=S) groups is 1. The maximum Gasteiger partial charge on any atom is 0.337 e. The smallest absolute Gasteiger partial charge is 0.337 e. The Morgan fingerprint density at radius 2 is 2.04 bits per heavy atom. The van der Waals surface area contributed by atoms with Crippen molar-refractivity contribution in [3.8, 4) is 0 Å². The Hall–Kier alpha value is -2.48. The third kappa shape index (κ3) is 3.38. The molecule has 2 rings (SSSR count). The predicted molar refractivity (Wildman–Crippen MR) is 93.3 cm³/mol.